The van der Waals surface area contributed by atoms with E-state index in [4.69, 9.17) is 44.3 Å². The number of allylic oxidation sites excluding steroid dienone is 1. The average Bonchev–Trinajstić information content (AvgIpc) is 2.59. The number of carbonyl (C=O) groups is 4. The van der Waals surface area contributed by atoms with Crippen molar-refractivity contribution >= 4 is 80.4 Å². The molecule has 14 heteroatoms. The lowest BCUT2D eigenvalue weighted by molar-refractivity contribution is -0.169. The van der Waals surface area contributed by atoms with Crippen LogP contribution < -0.4 is 0 Å². The molecule has 1 saturated heterocycles. The Morgan fingerprint density at radius 3 is 2.45 bits per heavy atom. The fourth-order valence-electron chi connectivity index (χ4n) is 2.47. The number of nitrogens with zero attached hydrogens (tertiary/aromatic N) is 1. The van der Waals surface area contributed by atoms with E-state index >= 15 is 0 Å². The Balaban J connectivity index is 1.98. The van der Waals surface area contributed by atoms with Gasteiger partial charge < -0.3 is 18.9 Å². The average molecular weight is 509 g/mol. The van der Waals surface area contributed by atoms with Crippen molar-refractivity contribution < 1.29 is 38.1 Å². The van der Waals surface area contributed by atoms with Gasteiger partial charge in [-0.05, 0) is 13.8 Å². The van der Waals surface area contributed by atoms with Crippen LogP contribution in [0.2, 0.25) is 0 Å². The van der Waals surface area contributed by atoms with Gasteiger partial charge in [0.2, 0.25) is 16.5 Å². The third-order valence-corrected chi connectivity index (χ3v) is 6.92. The summed E-state index contributed by atoms with van der Waals surface area (Å²) in [6.45, 7) is 3.27. The van der Waals surface area contributed by atoms with E-state index in [9.17, 15) is 19.2 Å². The van der Waals surface area contributed by atoms with Crippen molar-refractivity contribution in [2.45, 2.75) is 36.0 Å². The fourth-order valence-corrected chi connectivity index (χ4v) is 5.47. The maximum Gasteiger partial charge on any atom is 0.508 e. The molecular formula is C15H16Cl3NO8S2. The lowest BCUT2D eigenvalue weighted by atomic mass is 9.91. The molecule has 0 aromatic carbocycles. The zero-order valence-electron chi connectivity index (χ0n) is 15.3. The molecule has 2 heterocycles. The van der Waals surface area contributed by atoms with Crippen LogP contribution in [0.1, 0.15) is 20.8 Å². The van der Waals surface area contributed by atoms with Gasteiger partial charge in [-0.15, -0.1) is 0 Å². The van der Waals surface area contributed by atoms with E-state index in [0.717, 1.165) is 0 Å². The molecule has 0 aliphatic carbocycles. The Morgan fingerprint density at radius 1 is 1.21 bits per heavy atom. The highest BCUT2D eigenvalue weighted by Crippen LogP contribution is 2.53. The number of esters is 2. The van der Waals surface area contributed by atoms with Crippen LogP contribution in [0.4, 0.5) is 4.79 Å². The summed E-state index contributed by atoms with van der Waals surface area (Å²) in [5.74, 6) is -2.55. The van der Waals surface area contributed by atoms with E-state index in [1.165, 1.54) is 40.3 Å². The molecule has 1 fully saturated rings. The number of hydrogen-bond donors (Lipinski definition) is 0. The smallest absolute Gasteiger partial charge is 0.430 e. The van der Waals surface area contributed by atoms with Crippen LogP contribution in [0.25, 0.3) is 0 Å². The van der Waals surface area contributed by atoms with Crippen molar-refractivity contribution in [3.05, 3.63) is 10.6 Å². The predicted molar refractivity (Wildman–Crippen MR) is 107 cm³/mol. The highest BCUT2D eigenvalue weighted by Gasteiger charge is 2.57. The molecule has 0 N–H and O–H groups in total. The minimum Gasteiger partial charge on any atom is -0.430 e. The Hall–Kier alpha value is -1.01. The van der Waals surface area contributed by atoms with Crippen molar-refractivity contribution in [1.29, 1.82) is 0 Å². The molecule has 29 heavy (non-hydrogen) atoms. The largest absolute Gasteiger partial charge is 0.508 e. The molecular weight excluding hydrogens is 493 g/mol. The molecule has 3 atom stereocenters. The van der Waals surface area contributed by atoms with E-state index < -0.39 is 58.6 Å². The van der Waals surface area contributed by atoms with Crippen LogP contribution in [0.5, 0.6) is 0 Å². The molecule has 1 amide bonds. The number of rotatable bonds is 6. The maximum atomic E-state index is 12.7. The molecule has 2 rings (SSSR count). The number of amides is 1. The molecule has 2 aliphatic rings. The fraction of sp³-hybridized carbons (Fsp3) is 0.600. The quantitative estimate of drug-likeness (QED) is 0.174. The van der Waals surface area contributed by atoms with Crippen molar-refractivity contribution in [2.24, 2.45) is 5.92 Å². The Bertz CT molecular complexity index is 742. The van der Waals surface area contributed by atoms with Gasteiger partial charge in [0, 0.05) is 11.8 Å². The normalized spacial score (nSPS) is 22.3. The Morgan fingerprint density at radius 2 is 1.86 bits per heavy atom. The molecule has 2 aliphatic heterocycles. The topological polar surface area (TPSA) is 108 Å². The van der Waals surface area contributed by atoms with Gasteiger partial charge in [0.05, 0.1) is 0 Å². The lowest BCUT2D eigenvalue weighted by Crippen LogP contribution is -2.64. The second-order valence-electron chi connectivity index (χ2n) is 5.87. The summed E-state index contributed by atoms with van der Waals surface area (Å²) in [6.07, 6.45) is -1.94. The van der Waals surface area contributed by atoms with Crippen LogP contribution in [0.3, 0.4) is 0 Å². The monoisotopic (exact) mass is 507 g/mol. The molecule has 0 spiro atoms. The first-order valence-corrected chi connectivity index (χ1v) is 11.3. The SMILES string of the molecule is CC(=O)OCOC(=O)C1=C(C)SS[C@@H]2[C@@H]([C@@H](C)OC(=O)OCC(Cl)(Cl)Cl)C(=O)N12. The molecule has 0 aromatic heterocycles. The van der Waals surface area contributed by atoms with E-state index in [1.54, 1.807) is 6.92 Å². The van der Waals surface area contributed by atoms with Gasteiger partial charge >= 0.3 is 18.1 Å². The molecule has 0 radical (unpaired) electrons. The number of fused-ring (bicyclic) bond motifs is 1. The van der Waals surface area contributed by atoms with Crippen molar-refractivity contribution in [3.8, 4) is 0 Å². The van der Waals surface area contributed by atoms with Crippen molar-refractivity contribution in [3.63, 3.8) is 0 Å². The van der Waals surface area contributed by atoms with Crippen molar-refractivity contribution in [1.82, 2.24) is 4.90 Å². The first-order valence-electron chi connectivity index (χ1n) is 8.00. The summed E-state index contributed by atoms with van der Waals surface area (Å²) in [5.41, 5.74) is 0.0538. The van der Waals surface area contributed by atoms with Crippen LogP contribution in [0.15, 0.2) is 10.6 Å². The first-order chi connectivity index (χ1) is 13.4. The molecule has 0 saturated carbocycles. The third-order valence-electron chi connectivity index (χ3n) is 3.72. The predicted octanol–water partition coefficient (Wildman–Crippen LogP) is 3.37. The zero-order chi connectivity index (χ0) is 21.9. The van der Waals surface area contributed by atoms with E-state index in [2.05, 4.69) is 9.47 Å². The third kappa shape index (κ3) is 6.24. The molecule has 0 unspecified atom stereocenters. The van der Waals surface area contributed by atoms with Crippen LogP contribution >= 0.6 is 56.4 Å². The number of halogens is 3. The standard InChI is InChI=1S/C15H16Cl3NO8S2/c1-6(27-14(23)24-4-15(16,17)18)9-11(21)19-10(7(2)28-29-12(9)19)13(22)26-5-25-8(3)20/h6,9,12H,4-5H2,1-3H3/t6-,9+,12-/m1/s1. The second-order valence-corrected chi connectivity index (χ2v) is 10.9. The van der Waals surface area contributed by atoms with Crippen LogP contribution in [-0.2, 0) is 33.3 Å². The van der Waals surface area contributed by atoms with Crippen molar-refractivity contribution in [2.75, 3.05) is 13.4 Å². The maximum absolute atomic E-state index is 12.7. The zero-order valence-corrected chi connectivity index (χ0v) is 19.2. The second kappa shape index (κ2) is 9.86. The van der Waals surface area contributed by atoms with E-state index in [-0.39, 0.29) is 5.70 Å². The number of alkyl halides is 3. The van der Waals surface area contributed by atoms with E-state index in [0.29, 0.717) is 4.91 Å². The minimum absolute atomic E-state index is 0.0538. The summed E-state index contributed by atoms with van der Waals surface area (Å²) < 4.78 is 17.5. The molecule has 0 aromatic rings. The number of carbonyl (C=O) groups excluding carboxylic acids is 4. The lowest BCUT2D eigenvalue weighted by Gasteiger charge is -2.50. The first kappa shape index (κ1) is 24.3. The molecule has 0 bridgehead atoms. The number of ether oxygens (including phenoxy) is 4. The highest BCUT2D eigenvalue weighted by molar-refractivity contribution is 8.78. The van der Waals surface area contributed by atoms with Gasteiger partial charge in [-0.3, -0.25) is 14.5 Å². The van der Waals surface area contributed by atoms with E-state index in [1.807, 2.05) is 0 Å². The van der Waals surface area contributed by atoms with Gasteiger partial charge in [-0.1, -0.05) is 56.4 Å². The summed E-state index contributed by atoms with van der Waals surface area (Å²) >= 11 is 16.5. The Kier molecular flexibility index (Phi) is 8.25. The molecule has 9 nitrogen and oxygen atoms in total. The van der Waals surface area contributed by atoms with Gasteiger partial charge in [0.1, 0.15) is 29.7 Å². The highest BCUT2D eigenvalue weighted by atomic mass is 35.6. The summed E-state index contributed by atoms with van der Waals surface area (Å²) in [5, 5.41) is -0.469. The Labute approximate surface area is 189 Å². The summed E-state index contributed by atoms with van der Waals surface area (Å²) in [4.78, 5) is 49.3. The van der Waals surface area contributed by atoms with Gasteiger partial charge in [-0.2, -0.15) is 0 Å². The number of hydrogen-bond acceptors (Lipinski definition) is 10. The summed E-state index contributed by atoms with van der Waals surface area (Å²) in [6, 6.07) is 0. The van der Waals surface area contributed by atoms with Gasteiger partial charge in [0.25, 0.3) is 0 Å². The number of β-lactam (4-membered cyclic amide) rings is 1. The minimum atomic E-state index is -1.79. The van der Waals surface area contributed by atoms with Gasteiger partial charge in [0.15, 0.2) is 0 Å². The molecule has 162 valence electrons. The van der Waals surface area contributed by atoms with Crippen LogP contribution in [0, 0.1) is 5.92 Å². The van der Waals surface area contributed by atoms with Gasteiger partial charge in [-0.25, -0.2) is 9.59 Å². The van der Waals surface area contributed by atoms with Crippen LogP contribution in [-0.4, -0.2) is 57.6 Å². The summed E-state index contributed by atoms with van der Waals surface area (Å²) in [7, 11) is 2.61.